The summed E-state index contributed by atoms with van der Waals surface area (Å²) in [6.07, 6.45) is 9.99. The van der Waals surface area contributed by atoms with Crippen molar-refractivity contribution in [3.05, 3.63) is 101 Å². The number of benzene rings is 2. The second kappa shape index (κ2) is 39.4. The van der Waals surface area contributed by atoms with Crippen molar-refractivity contribution in [1.29, 1.82) is 0 Å². The Hall–Kier alpha value is -5.30. The number of aliphatic hydroxyl groups excluding tert-OH is 1. The van der Waals surface area contributed by atoms with Crippen LogP contribution in [-0.4, -0.2) is 84.0 Å². The van der Waals surface area contributed by atoms with Crippen LogP contribution in [0.1, 0.15) is 101 Å². The number of ether oxygens (including phenoxy) is 4. The van der Waals surface area contributed by atoms with Gasteiger partial charge in [-0.2, -0.15) is 0 Å². The van der Waals surface area contributed by atoms with Crippen molar-refractivity contribution in [2.45, 2.75) is 103 Å². The van der Waals surface area contributed by atoms with E-state index in [0.29, 0.717) is 5.03 Å². The second-order valence-electron chi connectivity index (χ2n) is 16.5. The molecule has 0 aliphatic heterocycles. The SMILES string of the molecule is C#CC(C)(C)C(=O)O.C#CC(C)(C)C(=O)OCc1ccccc1.C=C(Cl)C(C)(C)C(=O)O.C=C(Cl)C(C)(C)C(=O)OC.COC(=O)C(C)(C)C(C)=O.COC(=O)CC(C)=O.OCc1ccccc1.[NH2-].[Na+]. The third kappa shape index (κ3) is 35.8. The van der Waals surface area contributed by atoms with Gasteiger partial charge in [-0.15, -0.1) is 12.8 Å². The number of aliphatic carboxylic acids is 2. The van der Waals surface area contributed by atoms with E-state index in [1.54, 1.807) is 41.5 Å². The van der Waals surface area contributed by atoms with Crippen LogP contribution >= 0.6 is 23.2 Å². The van der Waals surface area contributed by atoms with E-state index in [1.165, 1.54) is 62.9 Å². The molecule has 70 heavy (non-hydrogen) atoms. The fourth-order valence-electron chi connectivity index (χ4n) is 2.76. The van der Waals surface area contributed by atoms with Crippen LogP contribution in [0.2, 0.25) is 0 Å². The molecule has 0 heterocycles. The van der Waals surface area contributed by atoms with Crippen molar-refractivity contribution in [2.24, 2.45) is 27.1 Å². The molecular weight excluding hydrogens is 960 g/mol. The summed E-state index contributed by atoms with van der Waals surface area (Å²) < 4.78 is 18.2. The molecule has 0 radical (unpaired) electrons. The molecule has 0 fully saturated rings. The molecule has 5 N–H and O–H groups in total. The Morgan fingerprint density at radius 2 is 0.943 bits per heavy atom. The smallest absolute Gasteiger partial charge is 0.693 e. The number of terminal acetylenes is 2. The zero-order valence-electron chi connectivity index (χ0n) is 43.5. The van der Waals surface area contributed by atoms with E-state index in [9.17, 15) is 38.4 Å². The first-order chi connectivity index (χ1) is 30.9. The molecule has 386 valence electrons. The summed E-state index contributed by atoms with van der Waals surface area (Å²) in [6, 6.07) is 19.0. The number of aliphatic hydroxyl groups is 1. The Bertz CT molecular complexity index is 2000. The van der Waals surface area contributed by atoms with Gasteiger partial charge in [-0.3, -0.25) is 38.4 Å². The van der Waals surface area contributed by atoms with Crippen LogP contribution in [0.4, 0.5) is 0 Å². The maximum Gasteiger partial charge on any atom is 1.00 e. The monoisotopic (exact) mass is 1030 g/mol. The molecule has 0 bridgehead atoms. The first kappa shape index (κ1) is 78.9. The average molecular weight is 1030 g/mol. The van der Waals surface area contributed by atoms with E-state index in [1.807, 2.05) is 60.7 Å². The summed E-state index contributed by atoms with van der Waals surface area (Å²) in [5.41, 5.74) is -2.73. The quantitative estimate of drug-likeness (QED) is 0.0618. The van der Waals surface area contributed by atoms with Crippen molar-refractivity contribution < 1.29 is 102 Å². The van der Waals surface area contributed by atoms with Crippen molar-refractivity contribution in [3.63, 3.8) is 0 Å². The molecule has 0 aromatic heterocycles. The topological polar surface area (TPSA) is 268 Å². The van der Waals surface area contributed by atoms with Crippen LogP contribution < -0.4 is 29.6 Å². The van der Waals surface area contributed by atoms with E-state index in [-0.39, 0.29) is 83.9 Å². The Kier molecular flexibility index (Phi) is 44.4. The number of rotatable bonds is 13. The third-order valence-electron chi connectivity index (χ3n) is 8.79. The average Bonchev–Trinajstić information content (AvgIpc) is 3.28. The minimum Gasteiger partial charge on any atom is -0.693 e. The molecule has 0 aliphatic rings. The Balaban J connectivity index is -0.000000133. The number of ketones is 2. The first-order valence-corrected chi connectivity index (χ1v) is 20.9. The van der Waals surface area contributed by atoms with Crippen LogP contribution in [-0.2, 0) is 70.5 Å². The fourth-order valence-corrected chi connectivity index (χ4v) is 2.92. The number of hydrogen-bond acceptors (Lipinski definition) is 13. The number of halogens is 2. The molecule has 0 amide bonds. The van der Waals surface area contributed by atoms with Gasteiger partial charge in [-0.25, -0.2) is 0 Å². The van der Waals surface area contributed by atoms with Gasteiger partial charge in [0.2, 0.25) is 0 Å². The molecule has 0 spiro atoms. The van der Waals surface area contributed by atoms with Gasteiger partial charge >= 0.3 is 65.4 Å². The number of carboxylic acids is 2. The predicted molar refractivity (Wildman–Crippen MR) is 268 cm³/mol. The van der Waals surface area contributed by atoms with Crippen LogP contribution in [0.25, 0.3) is 6.15 Å². The van der Waals surface area contributed by atoms with Gasteiger partial charge in [-0.1, -0.05) is 109 Å². The summed E-state index contributed by atoms with van der Waals surface area (Å²) in [4.78, 5) is 84.7. The van der Waals surface area contributed by atoms with E-state index >= 15 is 0 Å². The van der Waals surface area contributed by atoms with Gasteiger partial charge in [0.25, 0.3) is 0 Å². The second-order valence-corrected chi connectivity index (χ2v) is 17.4. The molecule has 2 rings (SSSR count). The number of hydrogen-bond donors (Lipinski definition) is 3. The summed E-state index contributed by atoms with van der Waals surface area (Å²) in [7, 11) is 3.85. The van der Waals surface area contributed by atoms with Gasteiger partial charge in [-0.05, 0) is 94.2 Å². The minimum absolute atomic E-state index is 0. The predicted octanol–water partition coefficient (Wildman–Crippen LogP) is 6.72. The molecule has 0 unspecified atom stereocenters. The number of carbonyl (C=O) groups excluding carboxylic acids is 6. The fraction of sp³-hybridized carbons (Fsp3) is 0.451. The molecule has 0 aliphatic carbocycles. The summed E-state index contributed by atoms with van der Waals surface area (Å²) in [5.74, 6) is 0.583. The number of Topliss-reactive ketones (excluding diaryl/α,β-unsaturated/α-hetero) is 2. The minimum atomic E-state index is -1.01. The Labute approximate surface area is 447 Å². The van der Waals surface area contributed by atoms with Gasteiger partial charge in [0.15, 0.2) is 0 Å². The summed E-state index contributed by atoms with van der Waals surface area (Å²) >= 11 is 10.9. The normalized spacial score (nSPS) is 9.89. The van der Waals surface area contributed by atoms with E-state index < -0.39 is 51.0 Å². The number of esters is 4. The number of nitrogens with two attached hydrogens (primary N) is 1. The third-order valence-corrected chi connectivity index (χ3v) is 9.73. The van der Waals surface area contributed by atoms with Crippen molar-refractivity contribution in [3.8, 4) is 24.7 Å². The molecule has 0 saturated carbocycles. The molecule has 0 saturated heterocycles. The maximum absolute atomic E-state index is 11.5. The number of carbonyl (C=O) groups is 8. The van der Waals surface area contributed by atoms with E-state index in [0.717, 1.165) is 11.1 Å². The van der Waals surface area contributed by atoms with Crippen molar-refractivity contribution in [1.82, 2.24) is 0 Å². The van der Waals surface area contributed by atoms with E-state index in [2.05, 4.69) is 39.2 Å². The van der Waals surface area contributed by atoms with Crippen molar-refractivity contribution in [2.75, 3.05) is 21.3 Å². The van der Waals surface area contributed by atoms with Crippen LogP contribution in [0.15, 0.2) is 83.9 Å². The number of carboxylic acid groups (broad SMARTS) is 2. The van der Waals surface area contributed by atoms with Crippen LogP contribution in [0.5, 0.6) is 0 Å². The summed E-state index contributed by atoms with van der Waals surface area (Å²) in [6.45, 7) is 25.6. The van der Waals surface area contributed by atoms with E-state index in [4.69, 9.17) is 56.1 Å². The Morgan fingerprint density at radius 1 is 0.586 bits per heavy atom. The molecule has 0 atom stereocenters. The van der Waals surface area contributed by atoms with Gasteiger partial charge in [0.1, 0.15) is 40.8 Å². The van der Waals surface area contributed by atoms with Crippen LogP contribution in [0.3, 0.4) is 0 Å². The van der Waals surface area contributed by atoms with Crippen LogP contribution in [0, 0.1) is 51.8 Å². The molecule has 16 nitrogen and oxygen atoms in total. The Morgan fingerprint density at radius 3 is 1.11 bits per heavy atom. The van der Waals surface area contributed by atoms with Gasteiger partial charge in [0.05, 0.1) is 38.8 Å². The molecule has 2 aromatic carbocycles. The zero-order valence-corrected chi connectivity index (χ0v) is 47.0. The molecular formula is C51H72Cl2NNaO15. The molecule has 19 heteroatoms. The van der Waals surface area contributed by atoms with Gasteiger partial charge in [0, 0.05) is 10.1 Å². The largest absolute Gasteiger partial charge is 1.00 e. The molecule has 2 aromatic rings. The summed E-state index contributed by atoms with van der Waals surface area (Å²) in [5, 5.41) is 25.7. The maximum atomic E-state index is 11.5. The standard InChI is InChI=1S/C13H14O2.C7H11ClO2.C7H12O3.C7H8O.C6H9ClO2.C6H8O2.C5H8O3.H2N.Na/c1-4-13(2,3)12(14)15-10-11-8-6-5-7-9-11;2*1-5(8)7(2,3)6(9)10-4;8-6-7-4-2-1-3-5-7;1-4(7)6(2,3)5(8)9;1-4-6(2,3)5(7)8;1-4(6)3-5(7)8-2;;/h1,5-9H,10H2,2-3H3;1H2,2-4H3;1-4H3;1-5,8H,6H2;1H2,2-3H3,(H,8,9);1H,2-3H3,(H,7,8);3H2,1-2H3;1H2;/q;;;;;;;-1;+1. The van der Waals surface area contributed by atoms with Crippen molar-refractivity contribution >= 4 is 70.6 Å². The first-order valence-electron chi connectivity index (χ1n) is 20.1. The van der Waals surface area contributed by atoms with Gasteiger partial charge < -0.3 is 40.4 Å². The number of methoxy groups -OCH3 is 3. The zero-order chi connectivity index (χ0) is 54.9.